The van der Waals surface area contributed by atoms with Crippen molar-refractivity contribution < 1.29 is 28.6 Å². The van der Waals surface area contributed by atoms with Gasteiger partial charge in [-0.3, -0.25) is 14.4 Å². The van der Waals surface area contributed by atoms with E-state index in [9.17, 15) is 14.4 Å². The highest BCUT2D eigenvalue weighted by molar-refractivity contribution is 5.98. The van der Waals surface area contributed by atoms with Crippen LogP contribution in [-0.4, -0.2) is 37.2 Å². The van der Waals surface area contributed by atoms with Gasteiger partial charge in [-0.2, -0.15) is 0 Å². The maximum atomic E-state index is 12.2. The minimum atomic E-state index is -0.660. The Morgan fingerprint density at radius 1 is 1.08 bits per heavy atom. The lowest BCUT2D eigenvalue weighted by Crippen LogP contribution is -2.26. The minimum Gasteiger partial charge on any atom is -0.469 e. The number of carbonyl (C=O) groups is 3. The van der Waals surface area contributed by atoms with Crippen LogP contribution < -0.4 is 0 Å². The average Bonchev–Trinajstić information content (AvgIpc) is 3.25. The van der Waals surface area contributed by atoms with Gasteiger partial charge in [0.2, 0.25) is 0 Å². The molecule has 0 bridgehead atoms. The van der Waals surface area contributed by atoms with E-state index in [0.717, 1.165) is 6.42 Å². The minimum absolute atomic E-state index is 0.0431. The SMILES string of the molecule is C=CC1CC(C=CC2OC(C=C)C3C(=O)OC(=O)C23)C(C(=O)OC)C1C. The summed E-state index contributed by atoms with van der Waals surface area (Å²) in [4.78, 5) is 36.1. The van der Waals surface area contributed by atoms with Crippen LogP contribution in [0.4, 0.5) is 0 Å². The van der Waals surface area contributed by atoms with E-state index < -0.39 is 36.0 Å². The molecule has 140 valence electrons. The zero-order valence-electron chi connectivity index (χ0n) is 15.0. The summed E-state index contributed by atoms with van der Waals surface area (Å²) in [6, 6.07) is 0. The molecule has 3 aliphatic rings. The molecular formula is C20H24O6. The standard InChI is InChI=1S/C20H24O6/c1-5-11-9-12(15(10(11)3)18(21)24-4)7-8-14-17-16(13(6-2)25-14)19(22)26-20(17)23/h5-8,10-17H,1-2,9H2,3-4H3. The molecule has 2 saturated heterocycles. The molecule has 3 rings (SSSR count). The molecule has 0 aromatic rings. The Kier molecular flexibility index (Phi) is 5.14. The zero-order valence-corrected chi connectivity index (χ0v) is 15.0. The summed E-state index contributed by atoms with van der Waals surface area (Å²) in [5.41, 5.74) is 0. The predicted molar refractivity (Wildman–Crippen MR) is 92.5 cm³/mol. The van der Waals surface area contributed by atoms with Crippen LogP contribution in [0, 0.1) is 35.5 Å². The highest BCUT2D eigenvalue weighted by Gasteiger charge is 2.57. The van der Waals surface area contributed by atoms with Crippen molar-refractivity contribution in [1.29, 1.82) is 0 Å². The van der Waals surface area contributed by atoms with Gasteiger partial charge in [-0.25, -0.2) is 0 Å². The number of cyclic esters (lactones) is 2. The summed E-state index contributed by atoms with van der Waals surface area (Å²) in [6.45, 7) is 9.55. The van der Waals surface area contributed by atoms with Gasteiger partial charge in [0.25, 0.3) is 0 Å². The summed E-state index contributed by atoms with van der Waals surface area (Å²) < 4.78 is 15.5. The molecule has 0 radical (unpaired) electrons. The van der Waals surface area contributed by atoms with Crippen molar-refractivity contribution in [3.05, 3.63) is 37.5 Å². The molecule has 6 nitrogen and oxygen atoms in total. The van der Waals surface area contributed by atoms with Crippen molar-refractivity contribution in [1.82, 2.24) is 0 Å². The zero-order chi connectivity index (χ0) is 19.0. The second kappa shape index (κ2) is 7.19. The number of fused-ring (bicyclic) bond motifs is 1. The van der Waals surface area contributed by atoms with Crippen molar-refractivity contribution in [3.8, 4) is 0 Å². The van der Waals surface area contributed by atoms with E-state index in [4.69, 9.17) is 14.2 Å². The van der Waals surface area contributed by atoms with Gasteiger partial charge < -0.3 is 14.2 Å². The molecule has 2 aliphatic heterocycles. The van der Waals surface area contributed by atoms with Crippen LogP contribution in [0.15, 0.2) is 37.5 Å². The van der Waals surface area contributed by atoms with E-state index >= 15 is 0 Å². The van der Waals surface area contributed by atoms with Gasteiger partial charge in [0.15, 0.2) is 0 Å². The number of esters is 3. The molecular weight excluding hydrogens is 336 g/mol. The number of ether oxygens (including phenoxy) is 3. The Morgan fingerprint density at radius 2 is 1.73 bits per heavy atom. The Labute approximate surface area is 152 Å². The summed E-state index contributed by atoms with van der Waals surface area (Å²) >= 11 is 0. The predicted octanol–water partition coefficient (Wildman–Crippen LogP) is 2.06. The van der Waals surface area contributed by atoms with Crippen molar-refractivity contribution in [3.63, 3.8) is 0 Å². The molecule has 0 amide bonds. The van der Waals surface area contributed by atoms with Crippen LogP contribution >= 0.6 is 0 Å². The molecule has 0 aromatic heterocycles. The van der Waals surface area contributed by atoms with E-state index in [-0.39, 0.29) is 29.6 Å². The summed E-state index contributed by atoms with van der Waals surface area (Å²) in [5.74, 6) is -2.66. The largest absolute Gasteiger partial charge is 0.469 e. The van der Waals surface area contributed by atoms with E-state index in [1.807, 2.05) is 19.1 Å². The van der Waals surface area contributed by atoms with Crippen LogP contribution in [0.3, 0.4) is 0 Å². The first kappa shape index (κ1) is 18.6. The van der Waals surface area contributed by atoms with Crippen LogP contribution in [0.2, 0.25) is 0 Å². The average molecular weight is 360 g/mol. The number of rotatable bonds is 5. The number of carbonyl (C=O) groups excluding carboxylic acids is 3. The third-order valence-corrected chi connectivity index (χ3v) is 5.96. The summed E-state index contributed by atoms with van der Waals surface area (Å²) in [6.07, 6.45) is 6.73. The lowest BCUT2D eigenvalue weighted by Gasteiger charge is -2.19. The molecule has 8 unspecified atom stereocenters. The van der Waals surface area contributed by atoms with E-state index in [1.165, 1.54) is 13.2 Å². The van der Waals surface area contributed by atoms with Crippen molar-refractivity contribution >= 4 is 17.9 Å². The van der Waals surface area contributed by atoms with Crippen LogP contribution in [0.5, 0.6) is 0 Å². The normalized spacial score (nSPS) is 41.9. The molecule has 6 heteroatoms. The van der Waals surface area contributed by atoms with E-state index in [0.29, 0.717) is 0 Å². The second-order valence-electron chi connectivity index (χ2n) is 7.18. The van der Waals surface area contributed by atoms with Crippen molar-refractivity contribution in [2.24, 2.45) is 35.5 Å². The second-order valence-corrected chi connectivity index (χ2v) is 7.18. The summed E-state index contributed by atoms with van der Waals surface area (Å²) in [7, 11) is 1.39. The van der Waals surface area contributed by atoms with Crippen LogP contribution in [0.25, 0.3) is 0 Å². The Bertz CT molecular complexity index is 665. The summed E-state index contributed by atoms with van der Waals surface area (Å²) in [5, 5.41) is 0. The molecule has 0 aromatic carbocycles. The highest BCUT2D eigenvalue weighted by Crippen LogP contribution is 2.45. The maximum Gasteiger partial charge on any atom is 0.320 e. The van der Waals surface area contributed by atoms with Gasteiger partial charge in [-0.15, -0.1) is 13.2 Å². The van der Waals surface area contributed by atoms with Crippen molar-refractivity contribution in [2.75, 3.05) is 7.11 Å². The molecule has 0 N–H and O–H groups in total. The first-order valence-corrected chi connectivity index (χ1v) is 8.85. The molecule has 1 saturated carbocycles. The fraction of sp³-hybridized carbons (Fsp3) is 0.550. The van der Waals surface area contributed by atoms with Gasteiger partial charge in [-0.1, -0.05) is 31.2 Å². The van der Waals surface area contributed by atoms with Gasteiger partial charge in [0.05, 0.1) is 25.2 Å². The smallest absolute Gasteiger partial charge is 0.320 e. The van der Waals surface area contributed by atoms with Crippen molar-refractivity contribution in [2.45, 2.75) is 25.6 Å². The monoisotopic (exact) mass is 360 g/mol. The number of hydrogen-bond acceptors (Lipinski definition) is 6. The highest BCUT2D eigenvalue weighted by atomic mass is 16.6. The number of hydrogen-bond donors (Lipinski definition) is 0. The fourth-order valence-electron chi connectivity index (χ4n) is 4.54. The first-order valence-electron chi connectivity index (χ1n) is 8.85. The topological polar surface area (TPSA) is 78.9 Å². The lowest BCUT2D eigenvalue weighted by molar-refractivity contribution is -0.157. The Hall–Kier alpha value is -2.21. The van der Waals surface area contributed by atoms with E-state index in [1.54, 1.807) is 6.08 Å². The van der Waals surface area contributed by atoms with Gasteiger partial charge in [0, 0.05) is 0 Å². The van der Waals surface area contributed by atoms with Crippen LogP contribution in [0.1, 0.15) is 13.3 Å². The van der Waals surface area contributed by atoms with Crippen LogP contribution in [-0.2, 0) is 28.6 Å². The fourth-order valence-corrected chi connectivity index (χ4v) is 4.54. The molecule has 0 spiro atoms. The third-order valence-electron chi connectivity index (χ3n) is 5.96. The molecule has 1 aliphatic carbocycles. The quantitative estimate of drug-likeness (QED) is 0.424. The molecule has 26 heavy (non-hydrogen) atoms. The Balaban J connectivity index is 1.81. The molecule has 3 fully saturated rings. The molecule has 8 atom stereocenters. The van der Waals surface area contributed by atoms with Gasteiger partial charge in [-0.05, 0) is 24.2 Å². The number of allylic oxidation sites excluding steroid dienone is 2. The van der Waals surface area contributed by atoms with Gasteiger partial charge >= 0.3 is 17.9 Å². The van der Waals surface area contributed by atoms with Gasteiger partial charge in [0.1, 0.15) is 11.8 Å². The number of methoxy groups -OCH3 is 1. The Morgan fingerprint density at radius 3 is 2.31 bits per heavy atom. The maximum absolute atomic E-state index is 12.2. The lowest BCUT2D eigenvalue weighted by atomic mass is 9.86. The third kappa shape index (κ3) is 2.92. The van der Waals surface area contributed by atoms with E-state index in [2.05, 4.69) is 13.2 Å². The molecule has 2 heterocycles. The first-order chi connectivity index (χ1) is 12.4.